The van der Waals surface area contributed by atoms with Gasteiger partial charge in [-0.1, -0.05) is 12.1 Å². The molecule has 1 aromatic carbocycles. The molecule has 15 heavy (non-hydrogen) atoms. The molecule has 0 fully saturated rings. The quantitative estimate of drug-likeness (QED) is 0.730. The number of carboxylic acids is 2. The van der Waals surface area contributed by atoms with Crippen molar-refractivity contribution in [1.29, 1.82) is 0 Å². The lowest BCUT2D eigenvalue weighted by atomic mass is 9.99. The highest BCUT2D eigenvalue weighted by molar-refractivity contribution is 6.10. The van der Waals surface area contributed by atoms with Gasteiger partial charge in [-0.05, 0) is 13.0 Å². The Morgan fingerprint density at radius 2 is 1.53 bits per heavy atom. The molecule has 0 aromatic heterocycles. The van der Waals surface area contributed by atoms with Crippen molar-refractivity contribution in [2.24, 2.45) is 0 Å². The Morgan fingerprint density at radius 1 is 1.00 bits per heavy atom. The van der Waals surface area contributed by atoms with E-state index in [1.165, 1.54) is 19.1 Å². The van der Waals surface area contributed by atoms with Gasteiger partial charge in [0.2, 0.25) is 0 Å². The van der Waals surface area contributed by atoms with Crippen LogP contribution in [0.25, 0.3) is 0 Å². The molecule has 0 amide bonds. The van der Waals surface area contributed by atoms with E-state index >= 15 is 0 Å². The first kappa shape index (κ1) is 10.9. The summed E-state index contributed by atoms with van der Waals surface area (Å²) in [5, 5.41) is 17.6. The molecule has 0 heterocycles. The summed E-state index contributed by atoms with van der Waals surface area (Å²) in [5.41, 5.74) is -0.935. The summed E-state index contributed by atoms with van der Waals surface area (Å²) in [6.45, 7) is 1.19. The third-order valence-corrected chi connectivity index (χ3v) is 1.89. The predicted octanol–water partition coefficient (Wildman–Crippen LogP) is 1.29. The van der Waals surface area contributed by atoms with Gasteiger partial charge in [-0.3, -0.25) is 4.79 Å². The fraction of sp³-hybridized carbons (Fsp3) is 0.100. The monoisotopic (exact) mass is 208 g/mol. The number of carboxylic acid groups (broad SMARTS) is 2. The number of hydrogen-bond donors (Lipinski definition) is 2. The average molecular weight is 208 g/mol. The number of rotatable bonds is 3. The first-order chi connectivity index (χ1) is 6.95. The molecule has 0 atom stereocenters. The van der Waals surface area contributed by atoms with Crippen molar-refractivity contribution >= 4 is 17.7 Å². The molecule has 2 N–H and O–H groups in total. The second kappa shape index (κ2) is 3.91. The Morgan fingerprint density at radius 3 is 1.93 bits per heavy atom. The van der Waals surface area contributed by atoms with Gasteiger partial charge in [0.15, 0.2) is 5.78 Å². The second-order valence-corrected chi connectivity index (χ2v) is 2.89. The molecule has 5 heteroatoms. The molecule has 78 valence electrons. The minimum Gasteiger partial charge on any atom is -0.478 e. The largest absolute Gasteiger partial charge is 0.478 e. The van der Waals surface area contributed by atoms with Crippen LogP contribution in [0, 0.1) is 0 Å². The van der Waals surface area contributed by atoms with Crippen molar-refractivity contribution < 1.29 is 24.6 Å². The van der Waals surface area contributed by atoms with Crippen molar-refractivity contribution in [2.75, 3.05) is 0 Å². The van der Waals surface area contributed by atoms with E-state index in [-0.39, 0.29) is 11.1 Å². The van der Waals surface area contributed by atoms with Gasteiger partial charge in [0.05, 0.1) is 11.1 Å². The van der Waals surface area contributed by atoms with Gasteiger partial charge in [0.1, 0.15) is 0 Å². The number of carbonyl (C=O) groups excluding carboxylic acids is 1. The van der Waals surface area contributed by atoms with E-state index in [2.05, 4.69) is 0 Å². The standard InChI is InChI=1S/C10H8O5/c1-5(11)6-3-2-4-7(9(12)13)8(6)10(14)15/h2-4H,1H3,(H,12,13)(H,14,15). The Bertz CT molecular complexity index is 415. The predicted molar refractivity (Wildman–Crippen MR) is 50.4 cm³/mol. The molecule has 5 nitrogen and oxygen atoms in total. The molecule has 0 aliphatic carbocycles. The number of carbonyl (C=O) groups is 3. The number of aromatic carboxylic acids is 2. The van der Waals surface area contributed by atoms with Crippen molar-refractivity contribution in [2.45, 2.75) is 6.92 Å². The van der Waals surface area contributed by atoms with E-state index in [1.807, 2.05) is 0 Å². The minimum atomic E-state index is -1.42. The maximum absolute atomic E-state index is 11.1. The van der Waals surface area contributed by atoms with Crippen LogP contribution in [0.4, 0.5) is 0 Å². The topological polar surface area (TPSA) is 91.7 Å². The molecule has 0 radical (unpaired) electrons. The van der Waals surface area contributed by atoms with Crippen molar-refractivity contribution in [3.8, 4) is 0 Å². The van der Waals surface area contributed by atoms with Crippen LogP contribution in [-0.4, -0.2) is 27.9 Å². The van der Waals surface area contributed by atoms with Gasteiger partial charge in [-0.15, -0.1) is 0 Å². The first-order valence-corrected chi connectivity index (χ1v) is 4.05. The Kier molecular flexibility index (Phi) is 2.85. The number of hydrogen-bond acceptors (Lipinski definition) is 3. The lowest BCUT2D eigenvalue weighted by molar-refractivity contribution is 0.0649. The lowest BCUT2D eigenvalue weighted by Gasteiger charge is -2.05. The maximum Gasteiger partial charge on any atom is 0.337 e. The van der Waals surface area contributed by atoms with E-state index in [4.69, 9.17) is 10.2 Å². The Balaban J connectivity index is 3.56. The van der Waals surface area contributed by atoms with E-state index in [0.29, 0.717) is 0 Å². The van der Waals surface area contributed by atoms with Crippen LogP contribution in [0.15, 0.2) is 18.2 Å². The highest BCUT2D eigenvalue weighted by Crippen LogP contribution is 2.15. The molecule has 0 unspecified atom stereocenters. The van der Waals surface area contributed by atoms with E-state index < -0.39 is 23.3 Å². The second-order valence-electron chi connectivity index (χ2n) is 2.89. The normalized spacial score (nSPS) is 9.67. The smallest absolute Gasteiger partial charge is 0.337 e. The van der Waals surface area contributed by atoms with Gasteiger partial charge >= 0.3 is 11.9 Å². The van der Waals surface area contributed by atoms with Crippen LogP contribution in [0.2, 0.25) is 0 Å². The van der Waals surface area contributed by atoms with Crippen LogP contribution in [-0.2, 0) is 0 Å². The van der Waals surface area contributed by atoms with Crippen molar-refractivity contribution in [1.82, 2.24) is 0 Å². The molecule has 0 aliphatic rings. The summed E-state index contributed by atoms with van der Waals surface area (Å²) in [7, 11) is 0. The van der Waals surface area contributed by atoms with Gasteiger partial charge in [-0.2, -0.15) is 0 Å². The Hall–Kier alpha value is -2.17. The Labute approximate surface area is 85.0 Å². The number of Topliss-reactive ketones (excluding diaryl/α,β-unsaturated/α-hetero) is 1. The lowest BCUT2D eigenvalue weighted by Crippen LogP contribution is -2.13. The van der Waals surface area contributed by atoms with Gasteiger partial charge < -0.3 is 10.2 Å². The summed E-state index contributed by atoms with van der Waals surface area (Å²) in [5.74, 6) is -3.26. The highest BCUT2D eigenvalue weighted by atomic mass is 16.4. The molecule has 0 saturated heterocycles. The fourth-order valence-corrected chi connectivity index (χ4v) is 1.25. The zero-order valence-electron chi connectivity index (χ0n) is 7.85. The molecule has 0 aliphatic heterocycles. The third-order valence-electron chi connectivity index (χ3n) is 1.89. The van der Waals surface area contributed by atoms with Crippen LogP contribution < -0.4 is 0 Å². The highest BCUT2D eigenvalue weighted by Gasteiger charge is 2.21. The third kappa shape index (κ3) is 2.01. The zero-order valence-corrected chi connectivity index (χ0v) is 7.85. The number of ketones is 1. The maximum atomic E-state index is 11.1. The summed E-state index contributed by atoms with van der Waals surface area (Å²) in [6.07, 6.45) is 0. The van der Waals surface area contributed by atoms with Crippen molar-refractivity contribution in [3.63, 3.8) is 0 Å². The van der Waals surface area contributed by atoms with Crippen LogP contribution in [0.3, 0.4) is 0 Å². The van der Waals surface area contributed by atoms with Gasteiger partial charge in [0.25, 0.3) is 0 Å². The molecule has 0 bridgehead atoms. The van der Waals surface area contributed by atoms with E-state index in [1.54, 1.807) is 0 Å². The first-order valence-electron chi connectivity index (χ1n) is 4.05. The van der Waals surface area contributed by atoms with Gasteiger partial charge in [-0.25, -0.2) is 9.59 Å². The molecule has 1 aromatic rings. The fourth-order valence-electron chi connectivity index (χ4n) is 1.25. The van der Waals surface area contributed by atoms with Crippen LogP contribution in [0.5, 0.6) is 0 Å². The summed E-state index contributed by atoms with van der Waals surface area (Å²) in [6, 6.07) is 3.78. The van der Waals surface area contributed by atoms with E-state index in [9.17, 15) is 14.4 Å². The molecule has 1 rings (SSSR count). The van der Waals surface area contributed by atoms with E-state index in [0.717, 1.165) is 6.07 Å². The van der Waals surface area contributed by atoms with Crippen molar-refractivity contribution in [3.05, 3.63) is 34.9 Å². The number of benzene rings is 1. The average Bonchev–Trinajstić information content (AvgIpc) is 2.16. The minimum absolute atomic E-state index is 0.0950. The van der Waals surface area contributed by atoms with Crippen LogP contribution >= 0.6 is 0 Å². The summed E-state index contributed by atoms with van der Waals surface area (Å²) in [4.78, 5) is 32.7. The molecule has 0 saturated carbocycles. The van der Waals surface area contributed by atoms with Gasteiger partial charge in [0, 0.05) is 5.56 Å². The summed E-state index contributed by atoms with van der Waals surface area (Å²) < 4.78 is 0. The molecule has 0 spiro atoms. The van der Waals surface area contributed by atoms with Crippen LogP contribution in [0.1, 0.15) is 38.0 Å². The SMILES string of the molecule is CC(=O)c1cccc(C(=O)O)c1C(=O)O. The summed E-state index contributed by atoms with van der Waals surface area (Å²) >= 11 is 0. The molecular weight excluding hydrogens is 200 g/mol. The zero-order chi connectivity index (χ0) is 11.6. The molecular formula is C10H8O5.